The molecule has 0 aliphatic rings. The van der Waals surface area contributed by atoms with E-state index in [1.807, 2.05) is 31.2 Å². The summed E-state index contributed by atoms with van der Waals surface area (Å²) in [5, 5.41) is 3.26. The van der Waals surface area contributed by atoms with E-state index in [1.54, 1.807) is 0 Å². The number of nitrogens with one attached hydrogen (secondary N) is 1. The standard InChI is InChI=1S/C16H20N2O/c1-4-10-17-15-6-5-7-16(18-15)19-14-11-12(2)8-9-13(14)3/h5-9,11H,4,10H2,1-3H3,(H,17,18). The number of hydrogen-bond acceptors (Lipinski definition) is 3. The summed E-state index contributed by atoms with van der Waals surface area (Å²) in [6.45, 7) is 7.14. The molecule has 2 aromatic rings. The summed E-state index contributed by atoms with van der Waals surface area (Å²) >= 11 is 0. The number of benzene rings is 1. The van der Waals surface area contributed by atoms with Gasteiger partial charge in [0.25, 0.3) is 0 Å². The molecule has 1 aromatic carbocycles. The van der Waals surface area contributed by atoms with Crippen LogP contribution in [0.15, 0.2) is 36.4 Å². The average molecular weight is 256 g/mol. The zero-order chi connectivity index (χ0) is 13.7. The van der Waals surface area contributed by atoms with Crippen LogP contribution in [0.1, 0.15) is 24.5 Å². The maximum Gasteiger partial charge on any atom is 0.221 e. The van der Waals surface area contributed by atoms with Crippen LogP contribution in [0, 0.1) is 13.8 Å². The fraction of sp³-hybridized carbons (Fsp3) is 0.312. The van der Waals surface area contributed by atoms with Gasteiger partial charge in [-0.1, -0.05) is 25.1 Å². The molecule has 0 aliphatic heterocycles. The average Bonchev–Trinajstić information content (AvgIpc) is 2.41. The number of aromatic nitrogens is 1. The molecular formula is C16H20N2O. The van der Waals surface area contributed by atoms with E-state index >= 15 is 0 Å². The number of ether oxygens (including phenoxy) is 1. The van der Waals surface area contributed by atoms with Crippen molar-refractivity contribution in [1.29, 1.82) is 0 Å². The molecule has 1 N–H and O–H groups in total. The van der Waals surface area contributed by atoms with Crippen molar-refractivity contribution in [3.63, 3.8) is 0 Å². The largest absolute Gasteiger partial charge is 0.439 e. The zero-order valence-corrected chi connectivity index (χ0v) is 11.7. The first-order valence-electron chi connectivity index (χ1n) is 6.65. The molecule has 0 saturated heterocycles. The lowest BCUT2D eigenvalue weighted by molar-refractivity contribution is 0.460. The Morgan fingerprint density at radius 2 is 2.00 bits per heavy atom. The molecule has 2 rings (SSSR count). The third-order valence-electron chi connectivity index (χ3n) is 2.84. The summed E-state index contributed by atoms with van der Waals surface area (Å²) in [4.78, 5) is 4.44. The monoisotopic (exact) mass is 256 g/mol. The third kappa shape index (κ3) is 3.71. The fourth-order valence-electron chi connectivity index (χ4n) is 1.75. The summed E-state index contributed by atoms with van der Waals surface area (Å²) < 4.78 is 5.86. The number of pyridine rings is 1. The Balaban J connectivity index is 2.16. The number of anilines is 1. The van der Waals surface area contributed by atoms with Crippen molar-refractivity contribution in [1.82, 2.24) is 4.98 Å². The maximum atomic E-state index is 5.86. The molecule has 0 unspecified atom stereocenters. The minimum Gasteiger partial charge on any atom is -0.439 e. The van der Waals surface area contributed by atoms with Crippen molar-refractivity contribution in [2.75, 3.05) is 11.9 Å². The number of nitrogens with zero attached hydrogens (tertiary/aromatic N) is 1. The second kappa shape index (κ2) is 6.23. The molecule has 0 bridgehead atoms. The Labute approximate surface area is 114 Å². The molecule has 0 fully saturated rings. The van der Waals surface area contributed by atoms with Gasteiger partial charge < -0.3 is 10.1 Å². The van der Waals surface area contributed by atoms with Crippen LogP contribution in [0.25, 0.3) is 0 Å². The summed E-state index contributed by atoms with van der Waals surface area (Å²) in [7, 11) is 0. The van der Waals surface area contributed by atoms with Crippen LogP contribution in [-0.4, -0.2) is 11.5 Å². The minimum absolute atomic E-state index is 0.620. The van der Waals surface area contributed by atoms with Gasteiger partial charge in [-0.3, -0.25) is 0 Å². The van der Waals surface area contributed by atoms with Gasteiger partial charge in [-0.2, -0.15) is 4.98 Å². The van der Waals surface area contributed by atoms with Crippen molar-refractivity contribution in [3.05, 3.63) is 47.5 Å². The fourth-order valence-corrected chi connectivity index (χ4v) is 1.75. The molecule has 0 amide bonds. The lowest BCUT2D eigenvalue weighted by Gasteiger charge is -2.10. The van der Waals surface area contributed by atoms with Crippen LogP contribution in [0.3, 0.4) is 0 Å². The van der Waals surface area contributed by atoms with E-state index in [9.17, 15) is 0 Å². The quantitative estimate of drug-likeness (QED) is 0.865. The second-order valence-electron chi connectivity index (χ2n) is 4.66. The smallest absolute Gasteiger partial charge is 0.221 e. The van der Waals surface area contributed by atoms with Crippen LogP contribution in [0.2, 0.25) is 0 Å². The highest BCUT2D eigenvalue weighted by Gasteiger charge is 2.03. The van der Waals surface area contributed by atoms with E-state index < -0.39 is 0 Å². The maximum absolute atomic E-state index is 5.86. The molecular weight excluding hydrogens is 236 g/mol. The first kappa shape index (κ1) is 13.4. The van der Waals surface area contributed by atoms with Gasteiger partial charge in [0.05, 0.1) is 0 Å². The van der Waals surface area contributed by atoms with Gasteiger partial charge in [-0.05, 0) is 43.5 Å². The molecule has 1 aromatic heterocycles. The van der Waals surface area contributed by atoms with Crippen molar-refractivity contribution in [3.8, 4) is 11.6 Å². The van der Waals surface area contributed by atoms with E-state index in [0.29, 0.717) is 5.88 Å². The molecule has 0 saturated carbocycles. The summed E-state index contributed by atoms with van der Waals surface area (Å²) in [5.41, 5.74) is 2.29. The SMILES string of the molecule is CCCNc1cccc(Oc2cc(C)ccc2C)n1. The molecule has 0 radical (unpaired) electrons. The predicted octanol–water partition coefficient (Wildman–Crippen LogP) is 4.31. The van der Waals surface area contributed by atoms with E-state index in [0.717, 1.165) is 30.1 Å². The van der Waals surface area contributed by atoms with E-state index in [-0.39, 0.29) is 0 Å². The van der Waals surface area contributed by atoms with Crippen LogP contribution < -0.4 is 10.1 Å². The molecule has 0 atom stereocenters. The number of aryl methyl sites for hydroxylation is 2. The van der Waals surface area contributed by atoms with Gasteiger partial charge in [-0.25, -0.2) is 0 Å². The first-order chi connectivity index (χ1) is 9.19. The Morgan fingerprint density at radius 3 is 2.79 bits per heavy atom. The highest BCUT2D eigenvalue weighted by atomic mass is 16.5. The molecule has 100 valence electrons. The molecule has 0 spiro atoms. The lowest BCUT2D eigenvalue weighted by atomic mass is 10.1. The molecule has 0 aliphatic carbocycles. The van der Waals surface area contributed by atoms with Gasteiger partial charge >= 0.3 is 0 Å². The van der Waals surface area contributed by atoms with Crippen molar-refractivity contribution < 1.29 is 4.74 Å². The van der Waals surface area contributed by atoms with Crippen LogP contribution in [0.4, 0.5) is 5.82 Å². The van der Waals surface area contributed by atoms with E-state index in [1.165, 1.54) is 5.56 Å². The van der Waals surface area contributed by atoms with Crippen molar-refractivity contribution >= 4 is 5.82 Å². The van der Waals surface area contributed by atoms with Crippen LogP contribution in [-0.2, 0) is 0 Å². The zero-order valence-electron chi connectivity index (χ0n) is 11.7. The Morgan fingerprint density at radius 1 is 1.16 bits per heavy atom. The second-order valence-corrected chi connectivity index (χ2v) is 4.66. The van der Waals surface area contributed by atoms with Crippen LogP contribution in [0.5, 0.6) is 11.6 Å². The molecule has 1 heterocycles. The van der Waals surface area contributed by atoms with Gasteiger partial charge in [0.2, 0.25) is 5.88 Å². The normalized spacial score (nSPS) is 10.3. The topological polar surface area (TPSA) is 34.1 Å². The van der Waals surface area contributed by atoms with Gasteiger partial charge in [0, 0.05) is 12.6 Å². The van der Waals surface area contributed by atoms with E-state index in [2.05, 4.69) is 36.3 Å². The van der Waals surface area contributed by atoms with Gasteiger partial charge in [-0.15, -0.1) is 0 Å². The molecule has 3 nitrogen and oxygen atoms in total. The van der Waals surface area contributed by atoms with Crippen molar-refractivity contribution in [2.24, 2.45) is 0 Å². The Bertz CT molecular complexity index is 552. The van der Waals surface area contributed by atoms with E-state index in [4.69, 9.17) is 4.74 Å². The number of hydrogen-bond donors (Lipinski definition) is 1. The lowest BCUT2D eigenvalue weighted by Crippen LogP contribution is -2.02. The van der Waals surface area contributed by atoms with Gasteiger partial charge in [0.15, 0.2) is 0 Å². The Hall–Kier alpha value is -2.03. The highest BCUT2D eigenvalue weighted by Crippen LogP contribution is 2.25. The molecule has 19 heavy (non-hydrogen) atoms. The van der Waals surface area contributed by atoms with Crippen molar-refractivity contribution in [2.45, 2.75) is 27.2 Å². The third-order valence-corrected chi connectivity index (χ3v) is 2.84. The highest BCUT2D eigenvalue weighted by molar-refractivity contribution is 5.41. The minimum atomic E-state index is 0.620. The van der Waals surface area contributed by atoms with Gasteiger partial charge in [0.1, 0.15) is 11.6 Å². The number of rotatable bonds is 5. The summed E-state index contributed by atoms with van der Waals surface area (Å²) in [6, 6.07) is 11.9. The predicted molar refractivity (Wildman–Crippen MR) is 79.0 cm³/mol. The summed E-state index contributed by atoms with van der Waals surface area (Å²) in [5.74, 6) is 2.33. The summed E-state index contributed by atoms with van der Waals surface area (Å²) in [6.07, 6.45) is 1.07. The Kier molecular flexibility index (Phi) is 4.39. The first-order valence-corrected chi connectivity index (χ1v) is 6.65. The van der Waals surface area contributed by atoms with Crippen LogP contribution >= 0.6 is 0 Å². The molecule has 3 heteroatoms.